The minimum atomic E-state index is 0.926. The van der Waals surface area contributed by atoms with Crippen LogP contribution in [0.2, 0.25) is 0 Å². The third-order valence-electron chi connectivity index (χ3n) is 3.80. The first-order valence-electron chi connectivity index (χ1n) is 8.54. The number of hydrogen-bond donors (Lipinski definition) is 0. The quantitative estimate of drug-likeness (QED) is 0.236. The van der Waals surface area contributed by atoms with Gasteiger partial charge in [0.15, 0.2) is 0 Å². The maximum absolute atomic E-state index is 3.89. The van der Waals surface area contributed by atoms with Crippen LogP contribution in [0, 0.1) is 19.8 Å². The second kappa shape index (κ2) is 15.8. The zero-order chi connectivity index (χ0) is 14.2. The molecule has 112 valence electrons. The Morgan fingerprint density at radius 3 is 1.84 bits per heavy atom. The number of unbranched alkanes of at least 4 members (excludes halogenated alkanes) is 8. The number of rotatable bonds is 14. The van der Waals surface area contributed by atoms with Gasteiger partial charge in [-0.1, -0.05) is 90.7 Å². The highest BCUT2D eigenvalue weighted by atomic mass is 14.1. The van der Waals surface area contributed by atoms with Crippen molar-refractivity contribution in [2.75, 3.05) is 0 Å². The zero-order valence-electron chi connectivity index (χ0n) is 13.3. The highest BCUT2D eigenvalue weighted by Gasteiger charge is 2.01. The molecule has 0 aliphatic heterocycles. The van der Waals surface area contributed by atoms with Crippen molar-refractivity contribution in [3.05, 3.63) is 26.0 Å². The number of allylic oxidation sites excluding steroid dienone is 2. The van der Waals surface area contributed by atoms with Crippen LogP contribution in [-0.4, -0.2) is 0 Å². The molecular formula is C19H36. The van der Waals surface area contributed by atoms with Gasteiger partial charge in [-0.3, -0.25) is 0 Å². The molecule has 0 aliphatic rings. The van der Waals surface area contributed by atoms with Gasteiger partial charge < -0.3 is 0 Å². The van der Waals surface area contributed by atoms with E-state index in [1.54, 1.807) is 0 Å². The molecule has 0 aliphatic carbocycles. The monoisotopic (exact) mass is 264 g/mol. The van der Waals surface area contributed by atoms with Crippen molar-refractivity contribution < 1.29 is 0 Å². The molecule has 0 aromatic heterocycles. The Bertz CT molecular complexity index is 180. The molecular weight excluding hydrogens is 228 g/mol. The van der Waals surface area contributed by atoms with Gasteiger partial charge in [0.05, 0.1) is 0 Å². The first kappa shape index (κ1) is 18.7. The lowest BCUT2D eigenvalue weighted by molar-refractivity contribution is 0.440. The van der Waals surface area contributed by atoms with Crippen molar-refractivity contribution in [1.82, 2.24) is 0 Å². The van der Waals surface area contributed by atoms with Crippen molar-refractivity contribution in [3.8, 4) is 0 Å². The fourth-order valence-corrected chi connectivity index (χ4v) is 2.42. The summed E-state index contributed by atoms with van der Waals surface area (Å²) in [4.78, 5) is 0. The zero-order valence-corrected chi connectivity index (χ0v) is 13.3. The van der Waals surface area contributed by atoms with Crippen LogP contribution in [0.3, 0.4) is 0 Å². The molecule has 0 N–H and O–H groups in total. The average Bonchev–Trinajstić information content (AvgIpc) is 2.41. The highest BCUT2D eigenvalue weighted by Crippen LogP contribution is 2.17. The van der Waals surface area contributed by atoms with Gasteiger partial charge >= 0.3 is 0 Å². The Labute approximate surface area is 123 Å². The van der Waals surface area contributed by atoms with E-state index in [0.29, 0.717) is 0 Å². The van der Waals surface area contributed by atoms with E-state index < -0.39 is 0 Å². The van der Waals surface area contributed by atoms with Gasteiger partial charge in [0.25, 0.3) is 0 Å². The first-order chi connectivity index (χ1) is 9.31. The Hall–Kier alpha value is -0.260. The Kier molecular flexibility index (Phi) is 15.6. The van der Waals surface area contributed by atoms with E-state index in [1.165, 1.54) is 70.6 Å². The normalized spacial score (nSPS) is 13.2. The van der Waals surface area contributed by atoms with Crippen molar-refractivity contribution in [1.29, 1.82) is 0 Å². The molecule has 0 heteroatoms. The molecule has 0 aromatic carbocycles. The summed E-state index contributed by atoms with van der Waals surface area (Å²) in [5.41, 5.74) is 0. The topological polar surface area (TPSA) is 0 Å². The van der Waals surface area contributed by atoms with E-state index in [9.17, 15) is 0 Å². The van der Waals surface area contributed by atoms with Crippen molar-refractivity contribution in [3.63, 3.8) is 0 Å². The van der Waals surface area contributed by atoms with Crippen LogP contribution in [0.4, 0.5) is 0 Å². The lowest BCUT2D eigenvalue weighted by Crippen LogP contribution is -1.94. The maximum Gasteiger partial charge on any atom is -0.0351 e. The summed E-state index contributed by atoms with van der Waals surface area (Å²) in [7, 11) is 0. The molecule has 0 saturated carbocycles. The molecule has 0 saturated heterocycles. The minimum Gasteiger partial charge on any atom is -0.0885 e. The van der Waals surface area contributed by atoms with E-state index in [-0.39, 0.29) is 0 Å². The van der Waals surface area contributed by atoms with Crippen LogP contribution in [0.15, 0.2) is 12.2 Å². The van der Waals surface area contributed by atoms with Gasteiger partial charge in [0.2, 0.25) is 0 Å². The molecule has 0 spiro atoms. The fourth-order valence-electron chi connectivity index (χ4n) is 2.42. The van der Waals surface area contributed by atoms with Crippen molar-refractivity contribution in [2.24, 2.45) is 5.92 Å². The molecule has 19 heavy (non-hydrogen) atoms. The average molecular weight is 264 g/mol. The Balaban J connectivity index is 3.19. The predicted molar refractivity (Wildman–Crippen MR) is 89.0 cm³/mol. The molecule has 1 atom stereocenters. The summed E-state index contributed by atoms with van der Waals surface area (Å²) in [5, 5.41) is 0. The minimum absolute atomic E-state index is 0.926. The molecule has 2 radical (unpaired) electrons. The molecule has 0 bridgehead atoms. The lowest BCUT2D eigenvalue weighted by atomic mass is 9.96. The maximum atomic E-state index is 3.89. The van der Waals surface area contributed by atoms with Crippen LogP contribution in [0.1, 0.15) is 90.4 Å². The highest BCUT2D eigenvalue weighted by molar-refractivity contribution is 4.81. The van der Waals surface area contributed by atoms with E-state index >= 15 is 0 Å². The molecule has 0 nitrogen and oxygen atoms in total. The summed E-state index contributed by atoms with van der Waals surface area (Å²) in [5.74, 6) is 0.926. The largest absolute Gasteiger partial charge is 0.0885 e. The second-order valence-electron chi connectivity index (χ2n) is 5.91. The van der Waals surface area contributed by atoms with Crippen LogP contribution >= 0.6 is 0 Å². The van der Waals surface area contributed by atoms with Gasteiger partial charge in [0, 0.05) is 0 Å². The van der Waals surface area contributed by atoms with Gasteiger partial charge in [-0.2, -0.15) is 0 Å². The van der Waals surface area contributed by atoms with Crippen molar-refractivity contribution >= 4 is 0 Å². The van der Waals surface area contributed by atoms with Gasteiger partial charge in [-0.25, -0.2) is 0 Å². The van der Waals surface area contributed by atoms with Crippen LogP contribution < -0.4 is 0 Å². The Morgan fingerprint density at radius 1 is 0.684 bits per heavy atom. The molecule has 1 unspecified atom stereocenters. The fraction of sp³-hybridized carbons (Fsp3) is 0.789. The summed E-state index contributed by atoms with van der Waals surface area (Å²) >= 11 is 0. The van der Waals surface area contributed by atoms with E-state index in [2.05, 4.69) is 32.9 Å². The molecule has 0 rings (SSSR count). The molecule has 0 fully saturated rings. The molecule has 0 heterocycles. The lowest BCUT2D eigenvalue weighted by Gasteiger charge is -2.10. The van der Waals surface area contributed by atoms with Crippen LogP contribution in [-0.2, 0) is 0 Å². The standard InChI is InChI=1S/C19H36/c1-4-6-8-10-11-12-14-16-18-19(3)17-15-13-9-7-5-2/h10-11,19H,1-2,4-9,12-18H2,3H3/b11-10+. The van der Waals surface area contributed by atoms with E-state index in [0.717, 1.165) is 18.8 Å². The van der Waals surface area contributed by atoms with E-state index in [4.69, 9.17) is 0 Å². The summed E-state index contributed by atoms with van der Waals surface area (Å²) in [6, 6.07) is 0. The van der Waals surface area contributed by atoms with Gasteiger partial charge in [-0.05, 0) is 31.6 Å². The third kappa shape index (κ3) is 15.7. The summed E-state index contributed by atoms with van der Waals surface area (Å²) < 4.78 is 0. The first-order valence-corrected chi connectivity index (χ1v) is 8.54. The SMILES string of the molecule is [CH2]CCC/C=C/CCCCC(C)CCCCCC[CH2]. The predicted octanol–water partition coefficient (Wildman–Crippen LogP) is 6.92. The van der Waals surface area contributed by atoms with Crippen LogP contribution in [0.5, 0.6) is 0 Å². The summed E-state index contributed by atoms with van der Waals surface area (Å²) in [6.45, 7) is 10.2. The molecule has 0 amide bonds. The summed E-state index contributed by atoms with van der Waals surface area (Å²) in [6.07, 6.45) is 21.7. The van der Waals surface area contributed by atoms with Crippen LogP contribution in [0.25, 0.3) is 0 Å². The van der Waals surface area contributed by atoms with Gasteiger partial charge in [-0.15, -0.1) is 0 Å². The number of hydrogen-bond acceptors (Lipinski definition) is 0. The Morgan fingerprint density at radius 2 is 1.21 bits per heavy atom. The van der Waals surface area contributed by atoms with E-state index in [1.807, 2.05) is 0 Å². The second-order valence-corrected chi connectivity index (χ2v) is 5.91. The molecule has 0 aromatic rings. The van der Waals surface area contributed by atoms with Crippen molar-refractivity contribution in [2.45, 2.75) is 90.4 Å². The smallest absolute Gasteiger partial charge is 0.0351 e. The third-order valence-corrected chi connectivity index (χ3v) is 3.80. The van der Waals surface area contributed by atoms with Gasteiger partial charge in [0.1, 0.15) is 0 Å².